The summed E-state index contributed by atoms with van der Waals surface area (Å²) in [7, 11) is 1.58. The molecule has 0 aliphatic carbocycles. The largest absolute Gasteiger partial charge is 0.495 e. The molecule has 3 nitrogen and oxygen atoms in total. The number of hydrogen-bond acceptors (Lipinski definition) is 2. The molecule has 0 aromatic heterocycles. The molecule has 0 bridgehead atoms. The van der Waals surface area contributed by atoms with E-state index in [4.69, 9.17) is 4.74 Å². The van der Waals surface area contributed by atoms with Gasteiger partial charge in [-0.25, -0.2) is 0 Å². The Morgan fingerprint density at radius 3 is 2.53 bits per heavy atom. The summed E-state index contributed by atoms with van der Waals surface area (Å²) in [6, 6.07) is 15.6. The molecule has 2 aromatic carbocycles. The molecule has 0 saturated heterocycles. The van der Waals surface area contributed by atoms with E-state index >= 15 is 0 Å². The molecule has 1 amide bonds. The van der Waals surface area contributed by atoms with Gasteiger partial charge in [0, 0.05) is 0 Å². The standard InChI is InChI=1S/C16H15NO2/c1-3-16(18)17-14-10-9-13(11-15(14)19-2)12-7-5-4-6-8-12/h3-11H,1H2,2H3,(H,17,18). The lowest BCUT2D eigenvalue weighted by atomic mass is 10.0. The maximum atomic E-state index is 11.3. The molecular weight excluding hydrogens is 238 g/mol. The van der Waals surface area contributed by atoms with Crippen LogP contribution in [0.15, 0.2) is 61.2 Å². The van der Waals surface area contributed by atoms with Gasteiger partial charge in [-0.2, -0.15) is 0 Å². The van der Waals surface area contributed by atoms with E-state index in [9.17, 15) is 4.79 Å². The van der Waals surface area contributed by atoms with Crippen LogP contribution in [0.2, 0.25) is 0 Å². The number of hydrogen-bond donors (Lipinski definition) is 1. The Bertz CT molecular complexity index is 591. The Morgan fingerprint density at radius 2 is 1.89 bits per heavy atom. The van der Waals surface area contributed by atoms with E-state index in [2.05, 4.69) is 11.9 Å². The molecule has 2 rings (SSSR count). The number of carbonyl (C=O) groups is 1. The number of amides is 1. The minimum atomic E-state index is -0.259. The first-order chi connectivity index (χ1) is 9.24. The van der Waals surface area contributed by atoms with Crippen molar-refractivity contribution in [3.63, 3.8) is 0 Å². The predicted molar refractivity (Wildman–Crippen MR) is 77.3 cm³/mol. The van der Waals surface area contributed by atoms with Crippen LogP contribution in [0, 0.1) is 0 Å². The Labute approximate surface area is 112 Å². The summed E-state index contributed by atoms with van der Waals surface area (Å²) in [5.74, 6) is 0.363. The molecule has 0 aliphatic rings. The van der Waals surface area contributed by atoms with Gasteiger partial charge in [-0.1, -0.05) is 43.0 Å². The zero-order chi connectivity index (χ0) is 13.7. The van der Waals surface area contributed by atoms with Crippen LogP contribution < -0.4 is 10.1 Å². The highest BCUT2D eigenvalue weighted by Crippen LogP contribution is 2.30. The number of nitrogens with one attached hydrogen (secondary N) is 1. The average molecular weight is 253 g/mol. The van der Waals surface area contributed by atoms with Gasteiger partial charge in [-0.05, 0) is 29.3 Å². The second-order valence-electron chi connectivity index (χ2n) is 3.97. The molecule has 3 heteroatoms. The highest BCUT2D eigenvalue weighted by Gasteiger charge is 2.07. The van der Waals surface area contributed by atoms with Gasteiger partial charge in [0.1, 0.15) is 5.75 Å². The van der Waals surface area contributed by atoms with Crippen LogP contribution in [0.3, 0.4) is 0 Å². The molecular formula is C16H15NO2. The van der Waals surface area contributed by atoms with Crippen LogP contribution in [0.1, 0.15) is 0 Å². The lowest BCUT2D eigenvalue weighted by molar-refractivity contribution is -0.111. The third kappa shape index (κ3) is 3.01. The van der Waals surface area contributed by atoms with Crippen LogP contribution in [-0.4, -0.2) is 13.0 Å². The quantitative estimate of drug-likeness (QED) is 0.847. The maximum Gasteiger partial charge on any atom is 0.247 e. The first-order valence-electron chi connectivity index (χ1n) is 5.91. The highest BCUT2D eigenvalue weighted by molar-refractivity contribution is 6.00. The molecule has 0 radical (unpaired) electrons. The van der Waals surface area contributed by atoms with E-state index in [0.717, 1.165) is 11.1 Å². The third-order valence-corrected chi connectivity index (χ3v) is 2.75. The molecule has 0 aliphatic heterocycles. The number of carbonyl (C=O) groups excluding carboxylic acids is 1. The van der Waals surface area contributed by atoms with Gasteiger partial charge in [0.05, 0.1) is 12.8 Å². The third-order valence-electron chi connectivity index (χ3n) is 2.75. The lowest BCUT2D eigenvalue weighted by Crippen LogP contribution is -2.08. The van der Waals surface area contributed by atoms with E-state index in [1.165, 1.54) is 6.08 Å². The summed E-state index contributed by atoms with van der Waals surface area (Å²) >= 11 is 0. The molecule has 0 saturated carbocycles. The van der Waals surface area contributed by atoms with Gasteiger partial charge < -0.3 is 10.1 Å². The molecule has 1 N–H and O–H groups in total. The molecule has 0 spiro atoms. The highest BCUT2D eigenvalue weighted by atomic mass is 16.5. The Balaban J connectivity index is 2.36. The van der Waals surface area contributed by atoms with Crippen LogP contribution in [0.5, 0.6) is 5.75 Å². The Kier molecular flexibility index (Phi) is 3.98. The van der Waals surface area contributed by atoms with Crippen LogP contribution in [0.25, 0.3) is 11.1 Å². The monoisotopic (exact) mass is 253 g/mol. The number of ether oxygens (including phenoxy) is 1. The molecule has 0 fully saturated rings. The SMILES string of the molecule is C=CC(=O)Nc1ccc(-c2ccccc2)cc1OC. The van der Waals surface area contributed by atoms with Crippen molar-refractivity contribution in [2.45, 2.75) is 0 Å². The number of anilines is 1. The molecule has 19 heavy (non-hydrogen) atoms. The summed E-state index contributed by atoms with van der Waals surface area (Å²) in [6.45, 7) is 3.42. The van der Waals surface area contributed by atoms with Crippen molar-refractivity contribution < 1.29 is 9.53 Å². The van der Waals surface area contributed by atoms with E-state index in [1.807, 2.05) is 48.5 Å². The van der Waals surface area contributed by atoms with Gasteiger partial charge >= 0.3 is 0 Å². The van der Waals surface area contributed by atoms with Gasteiger partial charge in [0.25, 0.3) is 0 Å². The second kappa shape index (κ2) is 5.87. The van der Waals surface area contributed by atoms with Crippen LogP contribution in [0.4, 0.5) is 5.69 Å². The van der Waals surface area contributed by atoms with Crippen molar-refractivity contribution in [1.82, 2.24) is 0 Å². The van der Waals surface area contributed by atoms with Crippen molar-refractivity contribution in [3.05, 3.63) is 61.2 Å². The summed E-state index contributed by atoms with van der Waals surface area (Å²) in [6.07, 6.45) is 1.23. The number of benzene rings is 2. The Hall–Kier alpha value is -2.55. The first-order valence-corrected chi connectivity index (χ1v) is 5.91. The normalized spacial score (nSPS) is 9.74. The summed E-state index contributed by atoms with van der Waals surface area (Å²) in [4.78, 5) is 11.3. The minimum Gasteiger partial charge on any atom is -0.495 e. The van der Waals surface area contributed by atoms with E-state index in [-0.39, 0.29) is 5.91 Å². The fraction of sp³-hybridized carbons (Fsp3) is 0.0625. The van der Waals surface area contributed by atoms with E-state index in [0.29, 0.717) is 11.4 Å². The van der Waals surface area contributed by atoms with Crippen LogP contribution >= 0.6 is 0 Å². The zero-order valence-electron chi connectivity index (χ0n) is 10.7. The molecule has 96 valence electrons. The fourth-order valence-corrected chi connectivity index (χ4v) is 1.79. The summed E-state index contributed by atoms with van der Waals surface area (Å²) in [5, 5.41) is 2.71. The zero-order valence-corrected chi connectivity index (χ0v) is 10.7. The van der Waals surface area contributed by atoms with Crippen LogP contribution in [-0.2, 0) is 4.79 Å². The van der Waals surface area contributed by atoms with Crippen molar-refractivity contribution in [2.24, 2.45) is 0 Å². The van der Waals surface area contributed by atoms with E-state index in [1.54, 1.807) is 7.11 Å². The average Bonchev–Trinajstić information content (AvgIpc) is 2.48. The van der Waals surface area contributed by atoms with Gasteiger partial charge in [0.2, 0.25) is 5.91 Å². The first kappa shape index (κ1) is 12.9. The van der Waals surface area contributed by atoms with Crippen molar-refractivity contribution in [1.29, 1.82) is 0 Å². The maximum absolute atomic E-state index is 11.3. The van der Waals surface area contributed by atoms with Crippen molar-refractivity contribution in [3.8, 4) is 16.9 Å². The fourth-order valence-electron chi connectivity index (χ4n) is 1.79. The second-order valence-corrected chi connectivity index (χ2v) is 3.97. The molecule has 0 atom stereocenters. The van der Waals surface area contributed by atoms with Crippen molar-refractivity contribution in [2.75, 3.05) is 12.4 Å². The summed E-state index contributed by atoms with van der Waals surface area (Å²) < 4.78 is 5.30. The summed E-state index contributed by atoms with van der Waals surface area (Å²) in [5.41, 5.74) is 2.77. The lowest BCUT2D eigenvalue weighted by Gasteiger charge is -2.11. The van der Waals surface area contributed by atoms with Crippen molar-refractivity contribution >= 4 is 11.6 Å². The molecule has 2 aromatic rings. The van der Waals surface area contributed by atoms with Gasteiger partial charge in [0.15, 0.2) is 0 Å². The molecule has 0 heterocycles. The number of rotatable bonds is 4. The minimum absolute atomic E-state index is 0.259. The smallest absolute Gasteiger partial charge is 0.247 e. The van der Waals surface area contributed by atoms with Gasteiger partial charge in [-0.15, -0.1) is 0 Å². The Morgan fingerprint density at radius 1 is 1.16 bits per heavy atom. The van der Waals surface area contributed by atoms with Gasteiger partial charge in [-0.3, -0.25) is 4.79 Å². The number of methoxy groups -OCH3 is 1. The molecule has 0 unspecified atom stereocenters. The topological polar surface area (TPSA) is 38.3 Å². The van der Waals surface area contributed by atoms with E-state index < -0.39 is 0 Å². The predicted octanol–water partition coefficient (Wildman–Crippen LogP) is 3.49.